The predicted octanol–water partition coefficient (Wildman–Crippen LogP) is 6.17. The summed E-state index contributed by atoms with van der Waals surface area (Å²) in [6, 6.07) is 15.1. The molecule has 0 aliphatic carbocycles. The highest BCUT2D eigenvalue weighted by molar-refractivity contribution is 7.99. The van der Waals surface area contributed by atoms with Crippen molar-refractivity contribution >= 4 is 40.0 Å². The van der Waals surface area contributed by atoms with E-state index in [0.717, 1.165) is 16.9 Å². The van der Waals surface area contributed by atoms with Crippen LogP contribution in [0.1, 0.15) is 34.8 Å². The molecule has 0 fully saturated rings. The van der Waals surface area contributed by atoms with Gasteiger partial charge in [0.1, 0.15) is 22.1 Å². The zero-order valence-electron chi connectivity index (χ0n) is 22.7. The fourth-order valence-electron chi connectivity index (χ4n) is 3.91. The molecule has 0 aliphatic heterocycles. The first-order chi connectivity index (χ1) is 19.3. The van der Waals surface area contributed by atoms with E-state index in [1.54, 1.807) is 13.2 Å². The molecule has 2 heterocycles. The molecule has 0 saturated heterocycles. The number of nitrogens with one attached hydrogen (secondary N) is 1. The van der Waals surface area contributed by atoms with Crippen LogP contribution in [0.4, 0.5) is 5.00 Å². The molecule has 1 N–H and O–H groups in total. The number of aryl methyl sites for hydroxylation is 1. The van der Waals surface area contributed by atoms with E-state index in [1.807, 2.05) is 72.3 Å². The number of nitrogens with zero attached hydrogens (tertiary/aromatic N) is 3. The number of hydrogen-bond donors (Lipinski definition) is 1. The van der Waals surface area contributed by atoms with Crippen LogP contribution in [0.2, 0.25) is 0 Å². The van der Waals surface area contributed by atoms with Crippen LogP contribution in [0.3, 0.4) is 0 Å². The van der Waals surface area contributed by atoms with Crippen LogP contribution in [0.5, 0.6) is 11.5 Å². The fourth-order valence-corrected chi connectivity index (χ4v) is 5.64. The molecule has 0 saturated carbocycles. The largest absolute Gasteiger partial charge is 0.497 e. The quantitative estimate of drug-likeness (QED) is 0.121. The third-order valence-electron chi connectivity index (χ3n) is 5.92. The highest BCUT2D eigenvalue weighted by Crippen LogP contribution is 2.36. The van der Waals surface area contributed by atoms with E-state index in [0.29, 0.717) is 39.4 Å². The first-order valence-electron chi connectivity index (χ1n) is 12.4. The molecule has 4 rings (SSSR count). The molecule has 1 unspecified atom stereocenters. The maximum atomic E-state index is 13.0. The standard InChI is InChI=1S/C29H30N4O5S2/c1-6-15-33-26(19(3)38-22-13-11-21(36-4)12-14-22)31-32-29(33)40-17-24(34)30-27-25(28(35)37-5)23(16-39-27)20-9-7-18(2)8-10-20/h6-14,16,19H,1,15,17H2,2-5H3,(H,30,34). The Labute approximate surface area is 241 Å². The summed E-state index contributed by atoms with van der Waals surface area (Å²) in [7, 11) is 2.93. The van der Waals surface area contributed by atoms with Crippen molar-refractivity contribution in [3.8, 4) is 22.6 Å². The minimum absolute atomic E-state index is 0.0569. The summed E-state index contributed by atoms with van der Waals surface area (Å²) in [5, 5.41) is 14.3. The molecule has 40 heavy (non-hydrogen) atoms. The second kappa shape index (κ2) is 13.3. The van der Waals surface area contributed by atoms with Gasteiger partial charge in [0, 0.05) is 17.5 Å². The minimum atomic E-state index is -0.513. The average molecular weight is 579 g/mol. The highest BCUT2D eigenvalue weighted by atomic mass is 32.2. The third kappa shape index (κ3) is 6.72. The van der Waals surface area contributed by atoms with Gasteiger partial charge < -0.3 is 19.5 Å². The summed E-state index contributed by atoms with van der Waals surface area (Å²) < 4.78 is 18.1. The lowest BCUT2D eigenvalue weighted by atomic mass is 10.0. The topological polar surface area (TPSA) is 105 Å². The Morgan fingerprint density at radius 3 is 2.45 bits per heavy atom. The van der Waals surface area contributed by atoms with Gasteiger partial charge in [-0.25, -0.2) is 4.79 Å². The van der Waals surface area contributed by atoms with Gasteiger partial charge in [0.2, 0.25) is 5.91 Å². The molecular formula is C29H30N4O5S2. The van der Waals surface area contributed by atoms with E-state index < -0.39 is 12.1 Å². The number of thioether (sulfide) groups is 1. The van der Waals surface area contributed by atoms with Crippen molar-refractivity contribution in [2.45, 2.75) is 31.7 Å². The summed E-state index contributed by atoms with van der Waals surface area (Å²) in [4.78, 5) is 25.6. The van der Waals surface area contributed by atoms with Crippen molar-refractivity contribution in [3.63, 3.8) is 0 Å². The van der Waals surface area contributed by atoms with E-state index in [9.17, 15) is 9.59 Å². The molecule has 0 spiro atoms. The predicted molar refractivity (Wildman–Crippen MR) is 157 cm³/mol. The Kier molecular flexibility index (Phi) is 9.62. The summed E-state index contributed by atoms with van der Waals surface area (Å²) in [6.07, 6.45) is 1.33. The van der Waals surface area contributed by atoms with Crippen molar-refractivity contribution in [1.82, 2.24) is 14.8 Å². The number of carbonyl (C=O) groups excluding carboxylic acids is 2. The highest BCUT2D eigenvalue weighted by Gasteiger charge is 2.24. The Balaban J connectivity index is 1.46. The number of benzene rings is 2. The first-order valence-corrected chi connectivity index (χ1v) is 14.2. The van der Waals surface area contributed by atoms with Crippen LogP contribution in [-0.4, -0.2) is 46.6 Å². The van der Waals surface area contributed by atoms with E-state index in [2.05, 4.69) is 22.1 Å². The van der Waals surface area contributed by atoms with Gasteiger partial charge in [-0.05, 0) is 43.7 Å². The van der Waals surface area contributed by atoms with Gasteiger partial charge >= 0.3 is 5.97 Å². The average Bonchev–Trinajstić information content (AvgIpc) is 3.56. The summed E-state index contributed by atoms with van der Waals surface area (Å²) in [6.45, 7) is 8.16. The zero-order valence-corrected chi connectivity index (χ0v) is 24.3. The molecule has 0 bridgehead atoms. The number of thiophene rings is 1. The molecule has 1 atom stereocenters. The number of hydrogen-bond acceptors (Lipinski definition) is 9. The van der Waals surface area contributed by atoms with Crippen molar-refractivity contribution in [1.29, 1.82) is 0 Å². The van der Waals surface area contributed by atoms with Gasteiger partial charge in [-0.3, -0.25) is 9.36 Å². The van der Waals surface area contributed by atoms with E-state index in [4.69, 9.17) is 14.2 Å². The lowest BCUT2D eigenvalue weighted by Gasteiger charge is -2.16. The second-order valence-corrected chi connectivity index (χ2v) is 10.5. The maximum Gasteiger partial charge on any atom is 0.341 e. The molecule has 208 valence electrons. The van der Waals surface area contributed by atoms with Gasteiger partial charge in [-0.1, -0.05) is 47.7 Å². The van der Waals surface area contributed by atoms with Crippen LogP contribution in [-0.2, 0) is 16.1 Å². The Morgan fingerprint density at radius 2 is 1.80 bits per heavy atom. The first kappa shape index (κ1) is 28.9. The van der Waals surface area contributed by atoms with Gasteiger partial charge in [-0.2, -0.15) is 0 Å². The van der Waals surface area contributed by atoms with Gasteiger partial charge in [-0.15, -0.1) is 28.1 Å². The van der Waals surface area contributed by atoms with Crippen LogP contribution in [0.15, 0.2) is 71.7 Å². The number of rotatable bonds is 12. The zero-order chi connectivity index (χ0) is 28.6. The molecule has 0 radical (unpaired) electrons. The fraction of sp³-hybridized carbons (Fsp3) is 0.241. The van der Waals surface area contributed by atoms with Crippen molar-refractivity contribution in [2.75, 3.05) is 25.3 Å². The SMILES string of the molecule is C=CCn1c(SCC(=O)Nc2scc(-c3ccc(C)cc3)c2C(=O)OC)nnc1C(C)Oc1ccc(OC)cc1. The number of aromatic nitrogens is 3. The monoisotopic (exact) mass is 578 g/mol. The maximum absolute atomic E-state index is 13.0. The van der Waals surface area contributed by atoms with Crippen molar-refractivity contribution in [3.05, 3.63) is 83.5 Å². The number of methoxy groups -OCH3 is 2. The van der Waals surface area contributed by atoms with E-state index >= 15 is 0 Å². The smallest absolute Gasteiger partial charge is 0.341 e. The molecule has 2 aromatic carbocycles. The van der Waals surface area contributed by atoms with E-state index in [-0.39, 0.29) is 11.7 Å². The molecular weight excluding hydrogens is 548 g/mol. The summed E-state index contributed by atoms with van der Waals surface area (Å²) in [5.74, 6) is 1.26. The Bertz CT molecular complexity index is 1480. The number of anilines is 1. The number of carbonyl (C=O) groups is 2. The number of amides is 1. The Morgan fingerprint density at radius 1 is 1.10 bits per heavy atom. The number of ether oxygens (including phenoxy) is 3. The lowest BCUT2D eigenvalue weighted by molar-refractivity contribution is -0.113. The summed E-state index contributed by atoms with van der Waals surface area (Å²) >= 11 is 2.51. The van der Waals surface area contributed by atoms with Crippen LogP contribution >= 0.6 is 23.1 Å². The van der Waals surface area contributed by atoms with Crippen LogP contribution < -0.4 is 14.8 Å². The van der Waals surface area contributed by atoms with Gasteiger partial charge in [0.25, 0.3) is 0 Å². The molecule has 2 aromatic heterocycles. The number of allylic oxidation sites excluding steroid dienone is 1. The number of esters is 1. The van der Waals surface area contributed by atoms with Crippen LogP contribution in [0, 0.1) is 6.92 Å². The van der Waals surface area contributed by atoms with Crippen LogP contribution in [0.25, 0.3) is 11.1 Å². The van der Waals surface area contributed by atoms with Crippen molar-refractivity contribution < 1.29 is 23.8 Å². The van der Waals surface area contributed by atoms with E-state index in [1.165, 1.54) is 30.2 Å². The van der Waals surface area contributed by atoms with Crippen molar-refractivity contribution in [2.24, 2.45) is 0 Å². The Hall–Kier alpha value is -4.09. The van der Waals surface area contributed by atoms with Gasteiger partial charge in [0.05, 0.1) is 20.0 Å². The molecule has 4 aromatic rings. The second-order valence-electron chi connectivity index (χ2n) is 8.72. The molecule has 1 amide bonds. The lowest BCUT2D eigenvalue weighted by Crippen LogP contribution is -2.17. The normalized spacial score (nSPS) is 11.5. The summed E-state index contributed by atoms with van der Waals surface area (Å²) in [5.41, 5.74) is 3.02. The molecule has 0 aliphatic rings. The molecule has 9 nitrogen and oxygen atoms in total. The van der Waals surface area contributed by atoms with Gasteiger partial charge in [0.15, 0.2) is 17.1 Å². The minimum Gasteiger partial charge on any atom is -0.497 e. The molecule has 11 heteroatoms. The third-order valence-corrected chi connectivity index (χ3v) is 7.78.